The Labute approximate surface area is 76.2 Å². The van der Waals surface area contributed by atoms with Gasteiger partial charge in [0, 0.05) is 0 Å². The third kappa shape index (κ3) is 22.8. The smallest absolute Gasteiger partial charge is 0.255 e. The van der Waals surface area contributed by atoms with Crippen LogP contribution in [0.5, 0.6) is 0 Å². The molecule has 0 aromatic rings. The summed E-state index contributed by atoms with van der Waals surface area (Å²) in [6.45, 7) is 4.49. The summed E-state index contributed by atoms with van der Waals surface area (Å²) in [5.74, 6) is 0. The average Bonchev–Trinajstić information content (AvgIpc) is 2.06. The molecule has 0 fully saturated rings. The van der Waals surface area contributed by atoms with Crippen LogP contribution < -0.4 is 0 Å². The van der Waals surface area contributed by atoms with Crippen LogP contribution >= 0.6 is 0 Å². The third-order valence-electron chi connectivity index (χ3n) is 1.52. The van der Waals surface area contributed by atoms with E-state index in [4.69, 9.17) is 11.1 Å². The molecule has 68 valence electrons. The van der Waals surface area contributed by atoms with Crippen LogP contribution in [-0.2, 0) is 0 Å². The second-order valence-corrected chi connectivity index (χ2v) is 2.66. The quantitative estimate of drug-likeness (QED) is 0.189. The van der Waals surface area contributed by atoms with Crippen molar-refractivity contribution in [2.75, 3.05) is 0 Å². The zero-order chi connectivity index (χ0) is 9.66. The van der Waals surface area contributed by atoms with Gasteiger partial charge < -0.3 is 11.1 Å². The van der Waals surface area contributed by atoms with Gasteiger partial charge in [-0.1, -0.05) is 0 Å². The summed E-state index contributed by atoms with van der Waals surface area (Å²) in [5.41, 5.74) is 13.5. The monoisotopic (exact) mass is 167 g/mol. The maximum absolute atomic E-state index is 6.75. The van der Waals surface area contributed by atoms with Crippen molar-refractivity contribution in [3.63, 3.8) is 0 Å². The van der Waals surface area contributed by atoms with E-state index in [-0.39, 0.29) is 0 Å². The van der Waals surface area contributed by atoms with Crippen LogP contribution in [0.15, 0.2) is 0 Å². The Kier molecular flexibility index (Phi) is 19.5. The van der Waals surface area contributed by atoms with Crippen LogP contribution in [0.1, 0.15) is 39.5 Å². The molecule has 0 saturated carbocycles. The molecule has 3 nitrogen and oxygen atoms in total. The molecule has 4 heteroatoms. The van der Waals surface area contributed by atoms with E-state index in [0.29, 0.717) is 0 Å². The molecule has 0 aromatic heterocycles. The Morgan fingerprint density at radius 1 is 1.00 bits per heavy atom. The minimum atomic E-state index is 1.33. The second kappa shape index (κ2) is 16.8. The van der Waals surface area contributed by atoms with E-state index in [1.54, 1.807) is 0 Å². The maximum Gasteiger partial charge on any atom is -0.255 e. The zero-order valence-corrected chi connectivity index (χ0v) is 8.16. The second-order valence-electron chi connectivity index (χ2n) is 2.66. The summed E-state index contributed by atoms with van der Waals surface area (Å²) in [7, 11) is 2.42. The molecule has 0 heterocycles. The van der Waals surface area contributed by atoms with Gasteiger partial charge in [-0.15, -0.1) is 0 Å². The van der Waals surface area contributed by atoms with Gasteiger partial charge in [0.2, 0.25) is 0 Å². The number of unbranched alkanes of at least 4 members (excludes halogenated alkanes) is 2. The molecule has 0 aliphatic carbocycles. The predicted molar refractivity (Wildman–Crippen MR) is 55.3 cm³/mol. The average molecular weight is 167 g/mol. The minimum Gasteiger partial charge on any atom is -0.373 e. The van der Waals surface area contributed by atoms with Crippen molar-refractivity contribution in [3.8, 4) is 0 Å². The summed E-state index contributed by atoms with van der Waals surface area (Å²) in [6.07, 6.45) is 8.09. The van der Waals surface area contributed by atoms with E-state index in [2.05, 4.69) is 21.1 Å². The molecule has 0 unspecified atom stereocenters. The van der Waals surface area contributed by atoms with E-state index in [1.807, 2.05) is 0 Å². The summed E-state index contributed by atoms with van der Waals surface area (Å²) in [6, 6.07) is 0. The summed E-state index contributed by atoms with van der Waals surface area (Å²) < 4.78 is 0. The van der Waals surface area contributed by atoms with Gasteiger partial charge >= 0.3 is 59.5 Å². The Hall–Kier alpha value is -0.625. The Morgan fingerprint density at radius 3 is 1.58 bits per heavy atom. The molecular formula is C8H18BN3. The molecule has 0 radical (unpaired) electrons. The molecule has 0 atom stereocenters. The van der Waals surface area contributed by atoms with Gasteiger partial charge in [-0.3, -0.25) is 4.91 Å². The number of hydrogen-bond donors (Lipinski definition) is 0. The van der Waals surface area contributed by atoms with Crippen molar-refractivity contribution < 1.29 is 0 Å². The van der Waals surface area contributed by atoms with Crippen LogP contribution in [0.3, 0.4) is 0 Å². The van der Waals surface area contributed by atoms with Crippen LogP contribution in [-0.4, -0.2) is 7.28 Å². The van der Waals surface area contributed by atoms with Gasteiger partial charge in [0.25, 0.3) is 0 Å². The Bertz CT molecular complexity index is 94.5. The fraction of sp³-hybridized carbons (Fsp3) is 1.00. The van der Waals surface area contributed by atoms with E-state index in [9.17, 15) is 0 Å². The van der Waals surface area contributed by atoms with Crippen molar-refractivity contribution in [2.24, 2.45) is 0 Å². The Balaban J connectivity index is 0. The van der Waals surface area contributed by atoms with Crippen molar-refractivity contribution in [1.82, 2.24) is 0 Å². The minimum absolute atomic E-state index is 1.33. The number of rotatable bonds is 6. The van der Waals surface area contributed by atoms with Crippen molar-refractivity contribution in [3.05, 3.63) is 16.0 Å². The van der Waals surface area contributed by atoms with E-state index in [0.717, 1.165) is 0 Å². The molecule has 0 rings (SSSR count). The standard InChI is InChI=1S/C8H18B.N3/c1-3-5-7-9-8-6-4-2;1-3-2/h3-8H2,1-2H3;/q+1;-1. The summed E-state index contributed by atoms with van der Waals surface area (Å²) in [4.78, 5) is 1.50. The first kappa shape index (κ1) is 13.9. The summed E-state index contributed by atoms with van der Waals surface area (Å²) in [5, 5.41) is 0. The van der Waals surface area contributed by atoms with Gasteiger partial charge in [0.15, 0.2) is 0 Å². The molecular weight excluding hydrogens is 149 g/mol. The van der Waals surface area contributed by atoms with E-state index < -0.39 is 0 Å². The molecule has 0 saturated heterocycles. The Morgan fingerprint density at radius 2 is 1.33 bits per heavy atom. The van der Waals surface area contributed by atoms with Gasteiger partial charge in [-0.05, 0) is 0 Å². The van der Waals surface area contributed by atoms with Crippen molar-refractivity contribution >= 4 is 7.28 Å². The first-order valence-corrected chi connectivity index (χ1v) is 4.63. The number of nitrogens with zero attached hydrogens (tertiary/aromatic N) is 3. The SMILES string of the molecule is CCCC[B+]CCCC.[N-]=[N+]=[N-]. The van der Waals surface area contributed by atoms with Gasteiger partial charge in [0.1, 0.15) is 0 Å². The van der Waals surface area contributed by atoms with Gasteiger partial charge in [0.05, 0.1) is 0 Å². The first-order chi connectivity index (χ1) is 5.83. The van der Waals surface area contributed by atoms with Crippen LogP contribution in [0.25, 0.3) is 16.0 Å². The topological polar surface area (TPSA) is 58.7 Å². The summed E-state index contributed by atoms with van der Waals surface area (Å²) >= 11 is 0. The van der Waals surface area contributed by atoms with Gasteiger partial charge in [-0.2, -0.15) is 0 Å². The molecule has 0 aromatic carbocycles. The van der Waals surface area contributed by atoms with E-state index in [1.165, 1.54) is 43.2 Å². The van der Waals surface area contributed by atoms with Crippen LogP contribution in [0.4, 0.5) is 0 Å². The third-order valence-corrected chi connectivity index (χ3v) is 1.52. The van der Waals surface area contributed by atoms with Gasteiger partial charge in [-0.25, -0.2) is 0 Å². The largest absolute Gasteiger partial charge is 0.373 e. The first-order valence-electron chi connectivity index (χ1n) is 4.63. The molecule has 0 aliphatic heterocycles. The molecule has 0 spiro atoms. The van der Waals surface area contributed by atoms with Crippen molar-refractivity contribution in [1.29, 1.82) is 0 Å². The van der Waals surface area contributed by atoms with E-state index >= 15 is 0 Å². The fourth-order valence-electron chi connectivity index (χ4n) is 0.841. The number of hydrogen-bond acceptors (Lipinski definition) is 0. The molecule has 0 bridgehead atoms. The molecule has 0 aliphatic rings. The fourth-order valence-corrected chi connectivity index (χ4v) is 0.841. The van der Waals surface area contributed by atoms with Crippen LogP contribution in [0, 0.1) is 0 Å². The zero-order valence-electron chi connectivity index (χ0n) is 8.16. The molecule has 0 amide bonds. The predicted octanol–water partition coefficient (Wildman–Crippen LogP) is 3.99. The maximum atomic E-state index is 6.75. The van der Waals surface area contributed by atoms with Crippen molar-refractivity contribution in [2.45, 2.75) is 52.2 Å². The molecule has 0 N–H and O–H groups in total. The van der Waals surface area contributed by atoms with Crippen LogP contribution in [0.2, 0.25) is 12.6 Å². The normalized spacial score (nSPS) is 7.50. The molecule has 12 heavy (non-hydrogen) atoms.